The van der Waals surface area contributed by atoms with E-state index >= 15 is 0 Å². The minimum atomic E-state index is 0. The topological polar surface area (TPSA) is 0 Å². The Labute approximate surface area is 133 Å². The van der Waals surface area contributed by atoms with Gasteiger partial charge in [-0.05, 0) is 0 Å². The van der Waals surface area contributed by atoms with Crippen molar-refractivity contribution < 1.29 is 17.4 Å². The third-order valence-corrected chi connectivity index (χ3v) is 2.24. The van der Waals surface area contributed by atoms with E-state index < -0.39 is 0 Å². The average Bonchev–Trinajstić information content (AvgIpc) is 3.00. The maximum atomic E-state index is 3.72. The Hall–Kier alpha value is -1.94. The van der Waals surface area contributed by atoms with Crippen LogP contribution in [-0.2, 0) is 17.4 Å². The summed E-state index contributed by atoms with van der Waals surface area (Å²) in [4.78, 5) is 0. The van der Waals surface area contributed by atoms with Crippen molar-refractivity contribution >= 4 is 0 Å². The van der Waals surface area contributed by atoms with E-state index in [1.54, 1.807) is 0 Å². The van der Waals surface area contributed by atoms with Crippen molar-refractivity contribution in [3.63, 3.8) is 0 Å². The Bertz CT molecular complexity index is 443. The quantitative estimate of drug-likeness (QED) is 0.504. The van der Waals surface area contributed by atoms with Crippen LogP contribution in [-0.4, -0.2) is 0 Å². The van der Waals surface area contributed by atoms with E-state index in [-0.39, 0.29) is 17.4 Å². The van der Waals surface area contributed by atoms with Gasteiger partial charge in [-0.3, -0.25) is 0 Å². The van der Waals surface area contributed by atoms with Gasteiger partial charge in [0.05, 0.1) is 0 Å². The van der Waals surface area contributed by atoms with Crippen LogP contribution in [0.25, 0.3) is 0 Å². The summed E-state index contributed by atoms with van der Waals surface area (Å²) in [7, 11) is 0. The van der Waals surface area contributed by atoms with Crippen LogP contribution in [0.1, 0.15) is 11.1 Å². The maximum Gasteiger partial charge on any atom is 3.00 e. The SMILES string of the molecule is [CH2-]c1ccccc1.[CH2-]c1ccccc1.[Cr+3].c1cc[cH-]c1. The standard InChI is InChI=1S/2C7H7.C5H5.Cr/c2*1-7-5-3-2-4-6-7;1-2-4-5-3-1;/h2*2-6H,1H2;1-5H;/q3*-1;+3. The fraction of sp³-hybridized carbons (Fsp3) is 0. The normalized spacial score (nSPS) is 8.00. The zero-order valence-corrected chi connectivity index (χ0v) is 12.8. The maximum absolute atomic E-state index is 3.72. The van der Waals surface area contributed by atoms with E-state index in [1.807, 2.05) is 91.0 Å². The Kier molecular flexibility index (Phi) is 10.9. The molecule has 20 heavy (non-hydrogen) atoms. The monoisotopic (exact) mass is 299 g/mol. The number of benzene rings is 2. The summed E-state index contributed by atoms with van der Waals surface area (Å²) in [5.41, 5.74) is 2.14. The number of hydrogen-bond acceptors (Lipinski definition) is 0. The van der Waals surface area contributed by atoms with E-state index in [9.17, 15) is 0 Å². The van der Waals surface area contributed by atoms with Gasteiger partial charge in [0, 0.05) is 0 Å². The molecule has 0 heterocycles. The Morgan fingerprint density at radius 2 is 0.900 bits per heavy atom. The molecule has 0 amide bonds. The number of hydrogen-bond donors (Lipinski definition) is 0. The van der Waals surface area contributed by atoms with Crippen molar-refractivity contribution in [1.82, 2.24) is 0 Å². The third kappa shape index (κ3) is 10.0. The molecule has 0 bridgehead atoms. The molecule has 0 aliphatic carbocycles. The van der Waals surface area contributed by atoms with Crippen molar-refractivity contribution in [2.45, 2.75) is 0 Å². The molecule has 0 aromatic heterocycles. The average molecular weight is 299 g/mol. The molecule has 0 N–H and O–H groups in total. The first-order chi connectivity index (χ1) is 9.29. The molecule has 3 aromatic rings. The van der Waals surface area contributed by atoms with Crippen molar-refractivity contribution in [2.24, 2.45) is 0 Å². The molecule has 0 unspecified atom stereocenters. The predicted octanol–water partition coefficient (Wildman–Crippen LogP) is 5.14. The second kappa shape index (κ2) is 12.1. The van der Waals surface area contributed by atoms with E-state index in [0.29, 0.717) is 0 Å². The van der Waals surface area contributed by atoms with Gasteiger partial charge in [0.25, 0.3) is 0 Å². The summed E-state index contributed by atoms with van der Waals surface area (Å²) < 4.78 is 0. The first-order valence-corrected chi connectivity index (χ1v) is 6.20. The van der Waals surface area contributed by atoms with E-state index in [4.69, 9.17) is 0 Å². The van der Waals surface area contributed by atoms with Crippen LogP contribution in [0.15, 0.2) is 91.0 Å². The van der Waals surface area contributed by atoms with Crippen molar-refractivity contribution in [2.75, 3.05) is 0 Å². The zero-order valence-electron chi connectivity index (χ0n) is 11.5. The summed E-state index contributed by atoms with van der Waals surface area (Å²) in [5.74, 6) is 0. The molecule has 0 spiro atoms. The van der Waals surface area contributed by atoms with Crippen LogP contribution >= 0.6 is 0 Å². The summed E-state index contributed by atoms with van der Waals surface area (Å²) in [6, 6.07) is 29.7. The largest absolute Gasteiger partial charge is 3.00 e. The van der Waals surface area contributed by atoms with Gasteiger partial charge in [-0.2, -0.15) is 67.4 Å². The second-order valence-corrected chi connectivity index (χ2v) is 3.93. The minimum Gasteiger partial charge on any atom is -0.214 e. The van der Waals surface area contributed by atoms with Crippen LogP contribution in [0.3, 0.4) is 0 Å². The van der Waals surface area contributed by atoms with Gasteiger partial charge in [-0.25, -0.2) is 12.1 Å². The Morgan fingerprint density at radius 3 is 1.05 bits per heavy atom. The van der Waals surface area contributed by atoms with Crippen LogP contribution in [0, 0.1) is 13.8 Å². The fourth-order valence-corrected chi connectivity index (χ4v) is 1.28. The summed E-state index contributed by atoms with van der Waals surface area (Å²) in [6.45, 7) is 7.44. The molecule has 3 rings (SSSR count). The first kappa shape index (κ1) is 18.1. The molecule has 1 radical (unpaired) electrons. The van der Waals surface area contributed by atoms with Gasteiger partial charge >= 0.3 is 17.4 Å². The molecular formula is C19H19Cr. The molecule has 0 aliphatic heterocycles. The molecular weight excluding hydrogens is 280 g/mol. The van der Waals surface area contributed by atoms with Crippen molar-refractivity contribution in [1.29, 1.82) is 0 Å². The van der Waals surface area contributed by atoms with Crippen molar-refractivity contribution in [3.05, 3.63) is 116 Å². The van der Waals surface area contributed by atoms with Gasteiger partial charge in [-0.15, -0.1) is 24.3 Å². The van der Waals surface area contributed by atoms with Crippen LogP contribution in [0.2, 0.25) is 0 Å². The number of rotatable bonds is 0. The Balaban J connectivity index is 0.000000268. The second-order valence-electron chi connectivity index (χ2n) is 3.93. The van der Waals surface area contributed by atoms with E-state index in [0.717, 1.165) is 11.1 Å². The molecule has 1 heteroatoms. The van der Waals surface area contributed by atoms with Crippen molar-refractivity contribution in [3.8, 4) is 0 Å². The van der Waals surface area contributed by atoms with Gasteiger partial charge in [0.2, 0.25) is 0 Å². The van der Waals surface area contributed by atoms with Gasteiger partial charge < -0.3 is 0 Å². The molecule has 0 saturated carbocycles. The van der Waals surface area contributed by atoms with Crippen LogP contribution in [0.4, 0.5) is 0 Å². The molecule has 0 aliphatic rings. The predicted molar refractivity (Wildman–Crippen MR) is 83.8 cm³/mol. The van der Waals surface area contributed by atoms with Gasteiger partial charge in [-0.1, -0.05) is 12.1 Å². The van der Waals surface area contributed by atoms with Gasteiger partial charge in [0.15, 0.2) is 0 Å². The smallest absolute Gasteiger partial charge is 0.214 e. The zero-order chi connectivity index (χ0) is 13.8. The summed E-state index contributed by atoms with van der Waals surface area (Å²) in [5, 5.41) is 0. The molecule has 101 valence electrons. The molecule has 0 fully saturated rings. The first-order valence-electron chi connectivity index (χ1n) is 6.20. The van der Waals surface area contributed by atoms with Gasteiger partial charge in [0.1, 0.15) is 0 Å². The third-order valence-electron chi connectivity index (χ3n) is 2.24. The minimum absolute atomic E-state index is 0. The fourth-order valence-electron chi connectivity index (χ4n) is 1.28. The molecule has 3 aromatic carbocycles. The Morgan fingerprint density at radius 1 is 0.550 bits per heavy atom. The van der Waals surface area contributed by atoms with Crippen LogP contribution in [0.5, 0.6) is 0 Å². The molecule has 0 nitrogen and oxygen atoms in total. The summed E-state index contributed by atoms with van der Waals surface area (Å²) >= 11 is 0. The van der Waals surface area contributed by atoms with E-state index in [2.05, 4.69) is 13.8 Å². The van der Waals surface area contributed by atoms with Crippen LogP contribution < -0.4 is 0 Å². The molecule has 0 atom stereocenters. The molecule has 0 saturated heterocycles. The van der Waals surface area contributed by atoms with E-state index in [1.165, 1.54) is 0 Å². The summed E-state index contributed by atoms with van der Waals surface area (Å²) in [6.07, 6.45) is 0.